The monoisotopic (exact) mass is 306 g/mol. The number of nitrogens with zero attached hydrogens (tertiary/aromatic N) is 1. The summed E-state index contributed by atoms with van der Waals surface area (Å²) >= 11 is 0. The Kier molecular flexibility index (Phi) is 3.83. The van der Waals surface area contributed by atoms with Gasteiger partial charge in [0.1, 0.15) is 11.3 Å². The summed E-state index contributed by atoms with van der Waals surface area (Å²) in [5.41, 5.74) is -0.0174. The van der Waals surface area contributed by atoms with Crippen molar-refractivity contribution in [3.05, 3.63) is 23.3 Å². The van der Waals surface area contributed by atoms with Crippen LogP contribution in [0, 0.1) is 0 Å². The van der Waals surface area contributed by atoms with Crippen LogP contribution in [-0.4, -0.2) is 34.7 Å². The van der Waals surface area contributed by atoms with Crippen molar-refractivity contribution in [3.63, 3.8) is 0 Å². The van der Waals surface area contributed by atoms with Crippen LogP contribution in [0.1, 0.15) is 43.1 Å². The second-order valence-corrected chi connectivity index (χ2v) is 6.20. The molecule has 3 amide bonds. The van der Waals surface area contributed by atoms with Gasteiger partial charge in [-0.25, -0.2) is 9.59 Å². The third-order valence-corrected chi connectivity index (χ3v) is 3.50. The fourth-order valence-electron chi connectivity index (χ4n) is 2.32. The molecule has 7 nitrogen and oxygen atoms in total. The number of carboxylic acids is 1. The van der Waals surface area contributed by atoms with E-state index in [2.05, 4.69) is 5.32 Å². The molecule has 0 aromatic heterocycles. The summed E-state index contributed by atoms with van der Waals surface area (Å²) in [6.07, 6.45) is 0.139. The highest BCUT2D eigenvalue weighted by molar-refractivity contribution is 6.06. The largest absolute Gasteiger partial charge is 0.507 e. The number of hydrogen-bond donors (Lipinski definition) is 3. The molecule has 0 unspecified atom stereocenters. The minimum atomic E-state index is -1.28. The highest BCUT2D eigenvalue weighted by atomic mass is 16.4. The average Bonchev–Trinajstić information content (AvgIpc) is 2.37. The lowest BCUT2D eigenvalue weighted by molar-refractivity contribution is -0.120. The molecule has 0 bridgehead atoms. The first-order valence-corrected chi connectivity index (χ1v) is 6.83. The third-order valence-electron chi connectivity index (χ3n) is 3.50. The molecular formula is C15H18N2O5. The highest BCUT2D eigenvalue weighted by Gasteiger charge is 2.29. The fourth-order valence-corrected chi connectivity index (χ4v) is 2.32. The summed E-state index contributed by atoms with van der Waals surface area (Å²) in [5.74, 6) is -1.95. The minimum absolute atomic E-state index is 0.139. The predicted octanol–water partition coefficient (Wildman–Crippen LogP) is 1.83. The Labute approximate surface area is 127 Å². The summed E-state index contributed by atoms with van der Waals surface area (Å²) in [4.78, 5) is 35.8. The van der Waals surface area contributed by atoms with E-state index in [0.29, 0.717) is 11.3 Å². The van der Waals surface area contributed by atoms with Gasteiger partial charge >= 0.3 is 12.0 Å². The minimum Gasteiger partial charge on any atom is -0.507 e. The number of urea groups is 1. The van der Waals surface area contributed by atoms with Crippen molar-refractivity contribution in [2.24, 2.45) is 0 Å². The number of benzene rings is 1. The van der Waals surface area contributed by atoms with Crippen LogP contribution in [0.4, 0.5) is 10.5 Å². The molecule has 1 fully saturated rings. The molecule has 118 valence electrons. The fraction of sp³-hybridized carbons (Fsp3) is 0.400. The highest BCUT2D eigenvalue weighted by Crippen LogP contribution is 2.37. The van der Waals surface area contributed by atoms with Crippen molar-refractivity contribution in [2.45, 2.75) is 32.6 Å². The Morgan fingerprint density at radius 2 is 1.91 bits per heavy atom. The molecule has 1 aromatic rings. The number of rotatable bonds is 2. The molecule has 0 spiro atoms. The van der Waals surface area contributed by atoms with Gasteiger partial charge in [-0.1, -0.05) is 20.8 Å². The number of hydrogen-bond acceptors (Lipinski definition) is 4. The first-order valence-electron chi connectivity index (χ1n) is 6.83. The molecule has 1 heterocycles. The number of aromatic carboxylic acids is 1. The normalized spacial score (nSPS) is 15.7. The van der Waals surface area contributed by atoms with Gasteiger partial charge in [0, 0.05) is 24.2 Å². The number of carbonyl (C=O) groups is 3. The number of amides is 3. The van der Waals surface area contributed by atoms with Gasteiger partial charge in [0.2, 0.25) is 5.91 Å². The SMILES string of the molecule is CC(C)(C)c1cc(N2CCC(=O)NC2=O)cc(C(=O)O)c1O. The van der Waals surface area contributed by atoms with E-state index in [1.165, 1.54) is 11.0 Å². The molecular weight excluding hydrogens is 288 g/mol. The molecule has 0 saturated carbocycles. The van der Waals surface area contributed by atoms with Crippen LogP contribution >= 0.6 is 0 Å². The van der Waals surface area contributed by atoms with E-state index < -0.39 is 17.4 Å². The molecule has 7 heteroatoms. The number of imide groups is 1. The van der Waals surface area contributed by atoms with Crippen LogP contribution in [0.2, 0.25) is 0 Å². The van der Waals surface area contributed by atoms with Gasteiger partial charge in [-0.15, -0.1) is 0 Å². The van der Waals surface area contributed by atoms with Gasteiger partial charge in [0.25, 0.3) is 0 Å². The maximum atomic E-state index is 11.9. The Bertz CT molecular complexity index is 661. The molecule has 1 saturated heterocycles. The Morgan fingerprint density at radius 1 is 1.27 bits per heavy atom. The maximum Gasteiger partial charge on any atom is 0.339 e. The zero-order chi connectivity index (χ0) is 16.7. The van der Waals surface area contributed by atoms with Crippen molar-refractivity contribution in [1.82, 2.24) is 5.32 Å². The van der Waals surface area contributed by atoms with E-state index in [1.54, 1.807) is 6.07 Å². The van der Waals surface area contributed by atoms with Crippen LogP contribution in [0.25, 0.3) is 0 Å². The molecule has 0 atom stereocenters. The molecule has 1 aromatic carbocycles. The van der Waals surface area contributed by atoms with Crippen molar-refractivity contribution >= 4 is 23.6 Å². The molecule has 0 radical (unpaired) electrons. The van der Waals surface area contributed by atoms with Gasteiger partial charge in [-0.05, 0) is 17.5 Å². The van der Waals surface area contributed by atoms with Gasteiger partial charge < -0.3 is 10.2 Å². The molecule has 2 rings (SSSR count). The number of aromatic hydroxyl groups is 1. The van der Waals surface area contributed by atoms with E-state index in [9.17, 15) is 24.6 Å². The zero-order valence-electron chi connectivity index (χ0n) is 12.6. The van der Waals surface area contributed by atoms with E-state index >= 15 is 0 Å². The van der Waals surface area contributed by atoms with Gasteiger partial charge in [0.15, 0.2) is 0 Å². The average molecular weight is 306 g/mol. The Morgan fingerprint density at radius 3 is 2.41 bits per heavy atom. The second-order valence-electron chi connectivity index (χ2n) is 6.20. The maximum absolute atomic E-state index is 11.9. The van der Waals surface area contributed by atoms with Gasteiger partial charge in [-0.3, -0.25) is 15.0 Å². The lowest BCUT2D eigenvalue weighted by atomic mass is 9.84. The van der Waals surface area contributed by atoms with Gasteiger partial charge in [-0.2, -0.15) is 0 Å². The van der Waals surface area contributed by atoms with Crippen LogP contribution in [0.3, 0.4) is 0 Å². The lowest BCUT2D eigenvalue weighted by Crippen LogP contribution is -2.49. The van der Waals surface area contributed by atoms with Crippen molar-refractivity contribution in [2.75, 3.05) is 11.4 Å². The number of carbonyl (C=O) groups excluding carboxylic acids is 2. The summed E-state index contributed by atoms with van der Waals surface area (Å²) in [6, 6.07) is 2.22. The first kappa shape index (κ1) is 15.8. The summed E-state index contributed by atoms with van der Waals surface area (Å²) in [7, 11) is 0. The first-order chi connectivity index (χ1) is 10.1. The van der Waals surface area contributed by atoms with Crippen molar-refractivity contribution < 1.29 is 24.6 Å². The number of phenols is 1. The van der Waals surface area contributed by atoms with E-state index in [0.717, 1.165) is 0 Å². The van der Waals surface area contributed by atoms with Crippen molar-refractivity contribution in [1.29, 1.82) is 0 Å². The topological polar surface area (TPSA) is 107 Å². The zero-order valence-corrected chi connectivity index (χ0v) is 12.6. The quantitative estimate of drug-likeness (QED) is 0.772. The van der Waals surface area contributed by atoms with Crippen LogP contribution in [-0.2, 0) is 10.2 Å². The third kappa shape index (κ3) is 2.88. The Balaban J connectivity index is 2.57. The van der Waals surface area contributed by atoms with E-state index in [1.807, 2.05) is 20.8 Å². The molecule has 0 aliphatic carbocycles. The lowest BCUT2D eigenvalue weighted by Gasteiger charge is -2.29. The van der Waals surface area contributed by atoms with E-state index in [4.69, 9.17) is 0 Å². The standard InChI is InChI=1S/C15H18N2O5/c1-15(2,3)10-7-8(6-9(12(10)19)13(20)21)17-5-4-11(18)16-14(17)22/h6-7,19H,4-5H2,1-3H3,(H,20,21)(H,16,18,22). The smallest absolute Gasteiger partial charge is 0.339 e. The van der Waals surface area contributed by atoms with Crippen LogP contribution in [0.5, 0.6) is 5.75 Å². The van der Waals surface area contributed by atoms with Crippen LogP contribution in [0.15, 0.2) is 12.1 Å². The number of carboxylic acid groups (broad SMARTS) is 1. The summed E-state index contributed by atoms with van der Waals surface area (Å²) in [6.45, 7) is 5.66. The Hall–Kier alpha value is -2.57. The molecule has 22 heavy (non-hydrogen) atoms. The second kappa shape index (κ2) is 5.32. The molecule has 1 aliphatic rings. The van der Waals surface area contributed by atoms with Crippen molar-refractivity contribution in [3.8, 4) is 5.75 Å². The van der Waals surface area contributed by atoms with E-state index in [-0.39, 0.29) is 30.2 Å². The predicted molar refractivity (Wildman–Crippen MR) is 79.3 cm³/mol. The van der Waals surface area contributed by atoms with Gasteiger partial charge in [0.05, 0.1) is 0 Å². The number of nitrogens with one attached hydrogen (secondary N) is 1. The summed E-state index contributed by atoms with van der Waals surface area (Å²) < 4.78 is 0. The molecule has 3 N–H and O–H groups in total. The summed E-state index contributed by atoms with van der Waals surface area (Å²) in [5, 5.41) is 21.6. The number of anilines is 1. The molecule has 1 aliphatic heterocycles. The van der Waals surface area contributed by atoms with Crippen LogP contribution < -0.4 is 10.2 Å².